The summed E-state index contributed by atoms with van der Waals surface area (Å²) in [7, 11) is 0. The Morgan fingerprint density at radius 2 is 2.32 bits per heavy atom. The van der Waals surface area contributed by atoms with Crippen molar-refractivity contribution in [2.24, 2.45) is 0 Å². The van der Waals surface area contributed by atoms with Crippen molar-refractivity contribution in [1.29, 1.82) is 0 Å². The first-order valence-corrected chi connectivity index (χ1v) is 7.54. The molecule has 4 heteroatoms. The molecule has 0 spiro atoms. The predicted octanol–water partition coefficient (Wildman–Crippen LogP) is 3.24. The van der Waals surface area contributed by atoms with Crippen LogP contribution in [-0.4, -0.2) is 17.6 Å². The Morgan fingerprint density at radius 1 is 1.42 bits per heavy atom. The molecule has 0 amide bonds. The van der Waals surface area contributed by atoms with E-state index in [1.165, 1.54) is 11.1 Å². The molecule has 1 N–H and O–H groups in total. The lowest BCUT2D eigenvalue weighted by Crippen LogP contribution is -2.21. The highest BCUT2D eigenvalue weighted by atomic mass is 32.1. The first-order valence-electron chi connectivity index (χ1n) is 6.66. The Labute approximate surface area is 117 Å². The van der Waals surface area contributed by atoms with Crippen molar-refractivity contribution in [3.8, 4) is 16.3 Å². The van der Waals surface area contributed by atoms with Crippen molar-refractivity contribution in [3.05, 3.63) is 34.8 Å². The molecule has 0 radical (unpaired) electrons. The van der Waals surface area contributed by atoms with Crippen molar-refractivity contribution in [1.82, 2.24) is 10.3 Å². The zero-order valence-corrected chi connectivity index (χ0v) is 12.1. The van der Waals surface area contributed by atoms with E-state index in [4.69, 9.17) is 9.72 Å². The summed E-state index contributed by atoms with van der Waals surface area (Å²) >= 11 is 1.71. The molecule has 19 heavy (non-hydrogen) atoms. The minimum Gasteiger partial charge on any atom is -0.493 e. The summed E-state index contributed by atoms with van der Waals surface area (Å²) in [6.07, 6.45) is 1.01. The first-order chi connectivity index (χ1) is 9.22. The van der Waals surface area contributed by atoms with Crippen molar-refractivity contribution in [2.75, 3.05) is 6.61 Å². The maximum Gasteiger partial charge on any atom is 0.123 e. The SMILES string of the molecule is CC(C)NCc1csc(-c2ccc3c(c2)CCO3)n1. The lowest BCUT2D eigenvalue weighted by atomic mass is 10.1. The largest absolute Gasteiger partial charge is 0.493 e. The highest BCUT2D eigenvalue weighted by Gasteiger charge is 2.14. The van der Waals surface area contributed by atoms with Gasteiger partial charge in [0.25, 0.3) is 0 Å². The van der Waals surface area contributed by atoms with Gasteiger partial charge in [0, 0.05) is 30.0 Å². The standard InChI is InChI=1S/C15H18N2OS/c1-10(2)16-8-13-9-19-15(17-13)12-3-4-14-11(7-12)5-6-18-14/h3-4,7,9-10,16H,5-6,8H2,1-2H3. The van der Waals surface area contributed by atoms with Gasteiger partial charge in [-0.1, -0.05) is 13.8 Å². The fourth-order valence-corrected chi connectivity index (χ4v) is 2.97. The molecular formula is C15H18N2OS. The number of nitrogens with one attached hydrogen (secondary N) is 1. The molecule has 0 bridgehead atoms. The van der Waals surface area contributed by atoms with E-state index in [0.717, 1.165) is 36.0 Å². The average Bonchev–Trinajstić information content (AvgIpc) is 3.04. The summed E-state index contributed by atoms with van der Waals surface area (Å²) in [4.78, 5) is 4.69. The summed E-state index contributed by atoms with van der Waals surface area (Å²) < 4.78 is 5.53. The van der Waals surface area contributed by atoms with Gasteiger partial charge in [0.15, 0.2) is 0 Å². The maximum atomic E-state index is 5.53. The number of thiazole rings is 1. The molecule has 1 aliphatic heterocycles. The van der Waals surface area contributed by atoms with Gasteiger partial charge in [-0.3, -0.25) is 0 Å². The molecule has 3 rings (SSSR count). The van der Waals surface area contributed by atoms with Crippen LogP contribution >= 0.6 is 11.3 Å². The molecular weight excluding hydrogens is 256 g/mol. The summed E-state index contributed by atoms with van der Waals surface area (Å²) in [5.41, 5.74) is 3.62. The molecule has 0 fully saturated rings. The van der Waals surface area contributed by atoms with E-state index in [1.54, 1.807) is 11.3 Å². The third-order valence-electron chi connectivity index (χ3n) is 3.18. The second kappa shape index (κ2) is 5.31. The summed E-state index contributed by atoms with van der Waals surface area (Å²) in [5.74, 6) is 1.03. The van der Waals surface area contributed by atoms with Gasteiger partial charge in [-0.2, -0.15) is 0 Å². The Kier molecular flexibility index (Phi) is 3.53. The van der Waals surface area contributed by atoms with Crippen LogP contribution in [-0.2, 0) is 13.0 Å². The molecule has 0 atom stereocenters. The Bertz CT molecular complexity index is 577. The molecule has 0 unspecified atom stereocenters. The topological polar surface area (TPSA) is 34.1 Å². The number of rotatable bonds is 4. The van der Waals surface area contributed by atoms with E-state index >= 15 is 0 Å². The zero-order chi connectivity index (χ0) is 13.2. The molecule has 2 heterocycles. The fourth-order valence-electron chi connectivity index (χ4n) is 2.15. The predicted molar refractivity (Wildman–Crippen MR) is 78.7 cm³/mol. The number of hydrogen-bond acceptors (Lipinski definition) is 4. The van der Waals surface area contributed by atoms with Gasteiger partial charge in [0.05, 0.1) is 12.3 Å². The van der Waals surface area contributed by atoms with E-state index in [-0.39, 0.29) is 0 Å². The van der Waals surface area contributed by atoms with E-state index in [9.17, 15) is 0 Å². The minimum absolute atomic E-state index is 0.488. The quantitative estimate of drug-likeness (QED) is 0.929. The molecule has 0 saturated carbocycles. The van der Waals surface area contributed by atoms with Crippen molar-refractivity contribution >= 4 is 11.3 Å². The number of fused-ring (bicyclic) bond motifs is 1. The molecule has 1 aromatic carbocycles. The Morgan fingerprint density at radius 3 is 3.16 bits per heavy atom. The van der Waals surface area contributed by atoms with Gasteiger partial charge in [-0.25, -0.2) is 4.98 Å². The highest BCUT2D eigenvalue weighted by molar-refractivity contribution is 7.13. The fraction of sp³-hybridized carbons (Fsp3) is 0.400. The lowest BCUT2D eigenvalue weighted by molar-refractivity contribution is 0.357. The maximum absolute atomic E-state index is 5.53. The lowest BCUT2D eigenvalue weighted by Gasteiger charge is -2.05. The van der Waals surface area contributed by atoms with Crippen LogP contribution in [0.5, 0.6) is 5.75 Å². The molecule has 0 aliphatic carbocycles. The molecule has 1 aromatic heterocycles. The van der Waals surface area contributed by atoms with E-state index < -0.39 is 0 Å². The third-order valence-corrected chi connectivity index (χ3v) is 4.12. The zero-order valence-electron chi connectivity index (χ0n) is 11.3. The van der Waals surface area contributed by atoms with Crippen molar-refractivity contribution < 1.29 is 4.74 Å². The van der Waals surface area contributed by atoms with Crippen molar-refractivity contribution in [2.45, 2.75) is 32.9 Å². The van der Waals surface area contributed by atoms with Crippen LogP contribution in [0.2, 0.25) is 0 Å². The van der Waals surface area contributed by atoms with Crippen LogP contribution in [0.3, 0.4) is 0 Å². The Hall–Kier alpha value is -1.39. The molecule has 2 aromatic rings. The van der Waals surface area contributed by atoms with Gasteiger partial charge in [-0.15, -0.1) is 11.3 Å². The Balaban J connectivity index is 1.79. The monoisotopic (exact) mass is 274 g/mol. The van der Waals surface area contributed by atoms with Crippen LogP contribution in [0.25, 0.3) is 10.6 Å². The number of ether oxygens (including phenoxy) is 1. The third kappa shape index (κ3) is 2.80. The second-order valence-corrected chi connectivity index (χ2v) is 5.96. The smallest absolute Gasteiger partial charge is 0.123 e. The number of benzene rings is 1. The van der Waals surface area contributed by atoms with Crippen LogP contribution < -0.4 is 10.1 Å². The molecule has 3 nitrogen and oxygen atoms in total. The molecule has 1 aliphatic rings. The van der Waals surface area contributed by atoms with Gasteiger partial charge < -0.3 is 10.1 Å². The van der Waals surface area contributed by atoms with E-state index in [2.05, 4.69) is 42.7 Å². The van der Waals surface area contributed by atoms with Gasteiger partial charge in [0.1, 0.15) is 10.8 Å². The molecule has 0 saturated heterocycles. The van der Waals surface area contributed by atoms with E-state index in [1.807, 2.05) is 0 Å². The normalized spacial score (nSPS) is 13.6. The van der Waals surface area contributed by atoms with Crippen LogP contribution in [0.15, 0.2) is 23.6 Å². The van der Waals surface area contributed by atoms with Gasteiger partial charge in [0.2, 0.25) is 0 Å². The van der Waals surface area contributed by atoms with E-state index in [0.29, 0.717) is 6.04 Å². The van der Waals surface area contributed by atoms with Gasteiger partial charge in [-0.05, 0) is 23.8 Å². The summed E-state index contributed by atoms with van der Waals surface area (Å²) in [6.45, 7) is 5.93. The summed E-state index contributed by atoms with van der Waals surface area (Å²) in [5, 5.41) is 6.62. The highest BCUT2D eigenvalue weighted by Crippen LogP contribution is 2.31. The van der Waals surface area contributed by atoms with Crippen LogP contribution in [0, 0.1) is 0 Å². The van der Waals surface area contributed by atoms with Crippen molar-refractivity contribution in [3.63, 3.8) is 0 Å². The van der Waals surface area contributed by atoms with Gasteiger partial charge >= 0.3 is 0 Å². The number of hydrogen-bond donors (Lipinski definition) is 1. The second-order valence-electron chi connectivity index (χ2n) is 5.10. The minimum atomic E-state index is 0.488. The average molecular weight is 274 g/mol. The number of aromatic nitrogens is 1. The van der Waals surface area contributed by atoms with Crippen LogP contribution in [0.1, 0.15) is 25.1 Å². The first kappa shape index (κ1) is 12.6. The van der Waals surface area contributed by atoms with Crippen LogP contribution in [0.4, 0.5) is 0 Å². The summed E-state index contributed by atoms with van der Waals surface area (Å²) in [6, 6.07) is 6.86. The number of nitrogens with zero attached hydrogens (tertiary/aromatic N) is 1. The molecule has 100 valence electrons.